The standard InChI is InChI=1S/C33H35N7O2/c1-33(2,3)42-32(41)36-24-17-19-39(21-24)20-22-11-13-25(14-12-22)40-30(26-10-7-18-35-29(26)34)38-28-16-15-27(37-31(28)40)23-8-5-4-6-9-23/h4-16,18,24H,17,19-21H2,1-3H3,(H2,34,35)(H,36,41)/t24-/m0/s1. The number of anilines is 1. The lowest BCUT2D eigenvalue weighted by Crippen LogP contribution is -2.40. The Kier molecular flexibility index (Phi) is 7.34. The topological polar surface area (TPSA) is 111 Å². The highest BCUT2D eigenvalue weighted by atomic mass is 16.6. The van der Waals surface area contributed by atoms with Crippen molar-refractivity contribution in [2.24, 2.45) is 0 Å². The van der Waals surface area contributed by atoms with Crippen LogP contribution in [0.1, 0.15) is 32.8 Å². The molecule has 0 saturated carbocycles. The molecule has 1 saturated heterocycles. The molecule has 0 bridgehead atoms. The summed E-state index contributed by atoms with van der Waals surface area (Å²) < 4.78 is 7.47. The highest BCUT2D eigenvalue weighted by Gasteiger charge is 2.26. The maximum atomic E-state index is 12.2. The second-order valence-electron chi connectivity index (χ2n) is 11.6. The molecule has 0 radical (unpaired) electrons. The van der Waals surface area contributed by atoms with Gasteiger partial charge in [-0.2, -0.15) is 0 Å². The highest BCUT2D eigenvalue weighted by Crippen LogP contribution is 2.32. The number of nitrogen functional groups attached to an aromatic ring is 1. The highest BCUT2D eigenvalue weighted by molar-refractivity contribution is 5.84. The Labute approximate surface area is 245 Å². The molecule has 214 valence electrons. The minimum Gasteiger partial charge on any atom is -0.444 e. The van der Waals surface area contributed by atoms with Gasteiger partial charge >= 0.3 is 6.09 Å². The van der Waals surface area contributed by atoms with Crippen LogP contribution in [0.4, 0.5) is 10.6 Å². The van der Waals surface area contributed by atoms with Crippen LogP contribution in [0.2, 0.25) is 0 Å². The summed E-state index contributed by atoms with van der Waals surface area (Å²) in [5, 5.41) is 3.00. The van der Waals surface area contributed by atoms with Crippen molar-refractivity contribution < 1.29 is 9.53 Å². The fourth-order valence-electron chi connectivity index (χ4n) is 5.34. The number of benzene rings is 2. The van der Waals surface area contributed by atoms with E-state index in [1.165, 1.54) is 5.56 Å². The smallest absolute Gasteiger partial charge is 0.407 e. The van der Waals surface area contributed by atoms with Crippen molar-refractivity contribution in [2.45, 2.75) is 45.4 Å². The van der Waals surface area contributed by atoms with E-state index in [0.29, 0.717) is 11.6 Å². The van der Waals surface area contributed by atoms with E-state index in [4.69, 9.17) is 20.4 Å². The molecule has 1 amide bonds. The zero-order valence-corrected chi connectivity index (χ0v) is 24.1. The summed E-state index contributed by atoms with van der Waals surface area (Å²) in [6.07, 6.45) is 2.21. The third-order valence-corrected chi connectivity index (χ3v) is 7.25. The van der Waals surface area contributed by atoms with Crippen LogP contribution in [0.3, 0.4) is 0 Å². The van der Waals surface area contributed by atoms with Gasteiger partial charge in [-0.05, 0) is 69.2 Å². The van der Waals surface area contributed by atoms with Crippen LogP contribution in [-0.4, -0.2) is 55.2 Å². The van der Waals surface area contributed by atoms with Crippen LogP contribution in [-0.2, 0) is 11.3 Å². The lowest BCUT2D eigenvalue weighted by atomic mass is 10.1. The number of pyridine rings is 2. The Bertz CT molecular complexity index is 1710. The van der Waals surface area contributed by atoms with E-state index >= 15 is 0 Å². The van der Waals surface area contributed by atoms with E-state index in [9.17, 15) is 4.79 Å². The Morgan fingerprint density at radius 1 is 1.00 bits per heavy atom. The molecule has 9 nitrogen and oxygen atoms in total. The van der Waals surface area contributed by atoms with E-state index in [1.54, 1.807) is 6.20 Å². The SMILES string of the molecule is CC(C)(C)OC(=O)N[C@H]1CCN(Cc2ccc(-n3c(-c4cccnc4N)nc4ccc(-c5ccccc5)nc43)cc2)C1. The van der Waals surface area contributed by atoms with Gasteiger partial charge < -0.3 is 15.8 Å². The molecule has 3 aromatic heterocycles. The lowest BCUT2D eigenvalue weighted by Gasteiger charge is -2.22. The van der Waals surface area contributed by atoms with Gasteiger partial charge in [0.1, 0.15) is 16.9 Å². The van der Waals surface area contributed by atoms with Gasteiger partial charge in [0.05, 0.1) is 11.3 Å². The molecule has 1 aliphatic heterocycles. The van der Waals surface area contributed by atoms with Crippen LogP contribution in [0.5, 0.6) is 0 Å². The number of likely N-dealkylation sites (tertiary alicyclic amines) is 1. The third-order valence-electron chi connectivity index (χ3n) is 7.25. The fourth-order valence-corrected chi connectivity index (χ4v) is 5.34. The monoisotopic (exact) mass is 561 g/mol. The molecule has 0 unspecified atom stereocenters. The zero-order chi connectivity index (χ0) is 29.3. The second kappa shape index (κ2) is 11.3. The normalized spacial score (nSPS) is 15.6. The molecule has 42 heavy (non-hydrogen) atoms. The van der Waals surface area contributed by atoms with E-state index < -0.39 is 5.60 Å². The van der Waals surface area contributed by atoms with Gasteiger partial charge in [-0.15, -0.1) is 0 Å². The third kappa shape index (κ3) is 5.96. The molecule has 0 aliphatic carbocycles. The van der Waals surface area contributed by atoms with Crippen molar-refractivity contribution in [2.75, 3.05) is 18.8 Å². The van der Waals surface area contributed by atoms with Gasteiger partial charge in [0.25, 0.3) is 0 Å². The first-order chi connectivity index (χ1) is 20.2. The van der Waals surface area contributed by atoms with Crippen molar-refractivity contribution in [1.82, 2.24) is 29.7 Å². The number of nitrogens with one attached hydrogen (secondary N) is 1. The molecule has 5 aromatic rings. The van der Waals surface area contributed by atoms with Crippen LogP contribution in [0.25, 0.3) is 39.5 Å². The maximum Gasteiger partial charge on any atom is 0.407 e. The van der Waals surface area contributed by atoms with E-state index in [1.807, 2.05) is 63.2 Å². The zero-order valence-electron chi connectivity index (χ0n) is 24.1. The summed E-state index contributed by atoms with van der Waals surface area (Å²) in [4.78, 5) is 28.8. The maximum absolute atomic E-state index is 12.2. The number of hydrogen-bond donors (Lipinski definition) is 2. The largest absolute Gasteiger partial charge is 0.444 e. The number of ether oxygens (including phenoxy) is 1. The molecule has 9 heteroatoms. The average molecular weight is 562 g/mol. The minimum atomic E-state index is -0.508. The number of carbonyl (C=O) groups excluding carboxylic acids is 1. The van der Waals surface area contributed by atoms with E-state index in [0.717, 1.165) is 59.7 Å². The number of hydrogen-bond acceptors (Lipinski definition) is 7. The molecule has 1 aliphatic rings. The first-order valence-corrected chi connectivity index (χ1v) is 14.2. The first kappa shape index (κ1) is 27.4. The molecule has 2 aromatic carbocycles. The van der Waals surface area contributed by atoms with Gasteiger partial charge in [0.2, 0.25) is 0 Å². The van der Waals surface area contributed by atoms with Gasteiger partial charge in [-0.25, -0.2) is 19.7 Å². The summed E-state index contributed by atoms with van der Waals surface area (Å²) in [5.74, 6) is 1.11. The molecular weight excluding hydrogens is 526 g/mol. The van der Waals surface area contributed by atoms with Crippen molar-refractivity contribution in [3.05, 3.63) is 90.6 Å². The molecule has 4 heterocycles. The van der Waals surface area contributed by atoms with Gasteiger partial charge in [0, 0.05) is 43.1 Å². The predicted molar refractivity (Wildman–Crippen MR) is 165 cm³/mol. The molecule has 3 N–H and O–H groups in total. The van der Waals surface area contributed by atoms with Gasteiger partial charge in [-0.1, -0.05) is 42.5 Å². The Hall–Kier alpha value is -4.76. The minimum absolute atomic E-state index is 0.0776. The van der Waals surface area contributed by atoms with Crippen molar-refractivity contribution in [3.63, 3.8) is 0 Å². The summed E-state index contributed by atoms with van der Waals surface area (Å²) in [7, 11) is 0. The number of alkyl carbamates (subject to hydrolysis) is 1. The first-order valence-electron chi connectivity index (χ1n) is 14.2. The number of fused-ring (bicyclic) bond motifs is 1. The van der Waals surface area contributed by atoms with Gasteiger partial charge in [-0.3, -0.25) is 9.47 Å². The van der Waals surface area contributed by atoms with Crippen molar-refractivity contribution >= 4 is 23.1 Å². The second-order valence-corrected chi connectivity index (χ2v) is 11.6. The molecule has 0 spiro atoms. The average Bonchev–Trinajstić information content (AvgIpc) is 3.56. The van der Waals surface area contributed by atoms with Crippen LogP contribution >= 0.6 is 0 Å². The number of carbonyl (C=O) groups is 1. The Balaban J connectivity index is 1.27. The van der Waals surface area contributed by atoms with E-state index in [-0.39, 0.29) is 12.1 Å². The number of rotatable bonds is 6. The molecule has 6 rings (SSSR count). The Morgan fingerprint density at radius 3 is 2.52 bits per heavy atom. The van der Waals surface area contributed by atoms with Crippen molar-refractivity contribution in [1.29, 1.82) is 0 Å². The summed E-state index contributed by atoms with van der Waals surface area (Å²) in [6.45, 7) is 8.09. The number of aromatic nitrogens is 4. The molecular formula is C33H35N7O2. The van der Waals surface area contributed by atoms with E-state index in [2.05, 4.69) is 56.2 Å². The molecule has 1 atom stereocenters. The van der Waals surface area contributed by atoms with Crippen LogP contribution in [0.15, 0.2) is 85.1 Å². The Morgan fingerprint density at radius 2 is 1.79 bits per heavy atom. The number of amides is 1. The summed E-state index contributed by atoms with van der Waals surface area (Å²) in [5.41, 5.74) is 12.1. The lowest BCUT2D eigenvalue weighted by molar-refractivity contribution is 0.0505. The molecule has 1 fully saturated rings. The van der Waals surface area contributed by atoms with Crippen molar-refractivity contribution in [3.8, 4) is 28.3 Å². The fraction of sp³-hybridized carbons (Fsp3) is 0.273. The van der Waals surface area contributed by atoms with Crippen LogP contribution in [0, 0.1) is 0 Å². The summed E-state index contributed by atoms with van der Waals surface area (Å²) in [6, 6.07) is 26.4. The van der Waals surface area contributed by atoms with Gasteiger partial charge in [0.15, 0.2) is 11.5 Å². The van der Waals surface area contributed by atoms with Crippen LogP contribution < -0.4 is 11.1 Å². The summed E-state index contributed by atoms with van der Waals surface area (Å²) >= 11 is 0. The number of nitrogens with zero attached hydrogens (tertiary/aromatic N) is 5. The quantitative estimate of drug-likeness (QED) is 0.268. The number of nitrogens with two attached hydrogens (primary N) is 1. The predicted octanol–water partition coefficient (Wildman–Crippen LogP) is 5.83. The number of imidazole rings is 1.